The molecule has 8 nitrogen and oxygen atoms in total. The Kier molecular flexibility index (Phi) is 6.54. The van der Waals surface area contributed by atoms with Crippen LogP contribution in [-0.4, -0.2) is 40.4 Å². The molecule has 9 heteroatoms. The number of hydrogen-bond donors (Lipinski definition) is 2. The fourth-order valence-corrected chi connectivity index (χ4v) is 5.45. The van der Waals surface area contributed by atoms with Gasteiger partial charge in [-0.2, -0.15) is 0 Å². The molecule has 0 saturated heterocycles. The number of halogens is 1. The fourth-order valence-electron chi connectivity index (χ4n) is 5.45. The van der Waals surface area contributed by atoms with Crippen LogP contribution in [0.2, 0.25) is 0 Å². The first-order chi connectivity index (χ1) is 18.5. The highest BCUT2D eigenvalue weighted by atomic mass is 19.1. The van der Waals surface area contributed by atoms with E-state index in [1.165, 1.54) is 17.0 Å². The summed E-state index contributed by atoms with van der Waals surface area (Å²) in [5, 5.41) is 5.74. The van der Waals surface area contributed by atoms with Gasteiger partial charge in [0, 0.05) is 29.4 Å². The van der Waals surface area contributed by atoms with Crippen molar-refractivity contribution in [3.05, 3.63) is 88.4 Å². The van der Waals surface area contributed by atoms with Gasteiger partial charge in [-0.05, 0) is 53.8 Å². The lowest BCUT2D eigenvalue weighted by atomic mass is 9.79. The number of aromatic nitrogens is 1. The number of fused-ring (bicyclic) bond motifs is 3. The summed E-state index contributed by atoms with van der Waals surface area (Å²) in [5.74, 6) is -0.920. The van der Waals surface area contributed by atoms with Crippen LogP contribution in [0.25, 0.3) is 0 Å². The third kappa shape index (κ3) is 4.80. The lowest BCUT2D eigenvalue weighted by molar-refractivity contribution is -0.142. The number of carbonyl (C=O) groups excluding carboxylic acids is 4. The summed E-state index contributed by atoms with van der Waals surface area (Å²) in [4.78, 5) is 56.4. The SMILES string of the molecule is CC(C)(C)C(=O)N(CC(=O)Nc1ccc2c(c1)CC1(C2)C(=O)Nc2ncccc21)Cc1cccc(F)c1C=O. The van der Waals surface area contributed by atoms with E-state index in [2.05, 4.69) is 15.6 Å². The fraction of sp³-hybridized carbons (Fsp3) is 0.300. The van der Waals surface area contributed by atoms with Crippen LogP contribution in [0.5, 0.6) is 0 Å². The number of benzene rings is 2. The van der Waals surface area contributed by atoms with Gasteiger partial charge in [0.25, 0.3) is 0 Å². The van der Waals surface area contributed by atoms with Crippen molar-refractivity contribution >= 4 is 35.5 Å². The average Bonchev–Trinajstić information content (AvgIpc) is 3.39. The third-order valence-corrected chi connectivity index (χ3v) is 7.35. The maximum absolute atomic E-state index is 14.2. The standard InChI is InChI=1S/C30H29FN4O4/c1-29(2,3)28(39)35(15-19-6-4-8-24(31)22(19)17-36)16-25(37)33-21-10-9-18-13-30(14-20(18)12-21)23-7-5-11-32-26(23)34-27(30)38/h4-12,17H,13-16H2,1-3H3,(H,33,37)(H,32,34,38). The van der Waals surface area contributed by atoms with Gasteiger partial charge >= 0.3 is 0 Å². The Bertz CT molecular complexity index is 1510. The molecule has 3 aromatic rings. The summed E-state index contributed by atoms with van der Waals surface area (Å²) in [5.41, 5.74) is 2.07. The second-order valence-corrected chi connectivity index (χ2v) is 11.2. The summed E-state index contributed by atoms with van der Waals surface area (Å²) in [6.07, 6.45) is 3.09. The van der Waals surface area contributed by atoms with Gasteiger partial charge in [0.1, 0.15) is 18.2 Å². The van der Waals surface area contributed by atoms with E-state index in [0.717, 1.165) is 16.7 Å². The number of aldehydes is 1. The van der Waals surface area contributed by atoms with Gasteiger partial charge in [-0.25, -0.2) is 9.37 Å². The van der Waals surface area contributed by atoms with Crippen LogP contribution in [-0.2, 0) is 39.2 Å². The topological polar surface area (TPSA) is 108 Å². The van der Waals surface area contributed by atoms with Gasteiger partial charge in [-0.1, -0.05) is 45.0 Å². The molecular weight excluding hydrogens is 499 g/mol. The Morgan fingerprint density at radius 1 is 1.13 bits per heavy atom. The van der Waals surface area contributed by atoms with Crippen molar-refractivity contribution < 1.29 is 23.6 Å². The molecule has 2 aromatic carbocycles. The van der Waals surface area contributed by atoms with Crippen molar-refractivity contribution in [2.24, 2.45) is 5.41 Å². The average molecular weight is 529 g/mol. The van der Waals surface area contributed by atoms with E-state index in [4.69, 9.17) is 0 Å². The molecule has 0 fully saturated rings. The zero-order valence-electron chi connectivity index (χ0n) is 22.0. The lowest BCUT2D eigenvalue weighted by Gasteiger charge is -2.29. The highest BCUT2D eigenvalue weighted by Gasteiger charge is 2.51. The first-order valence-corrected chi connectivity index (χ1v) is 12.7. The Morgan fingerprint density at radius 3 is 2.64 bits per heavy atom. The van der Waals surface area contributed by atoms with Gasteiger partial charge in [0.05, 0.1) is 11.0 Å². The lowest BCUT2D eigenvalue weighted by Crippen LogP contribution is -2.43. The van der Waals surface area contributed by atoms with Crippen molar-refractivity contribution in [1.82, 2.24) is 9.88 Å². The zero-order chi connectivity index (χ0) is 27.9. The second-order valence-electron chi connectivity index (χ2n) is 11.2. The molecule has 2 aliphatic rings. The highest BCUT2D eigenvalue weighted by Crippen LogP contribution is 2.46. The van der Waals surface area contributed by atoms with Crippen LogP contribution in [0.4, 0.5) is 15.9 Å². The summed E-state index contributed by atoms with van der Waals surface area (Å²) >= 11 is 0. The van der Waals surface area contributed by atoms with Crippen LogP contribution in [0.15, 0.2) is 54.7 Å². The zero-order valence-corrected chi connectivity index (χ0v) is 22.0. The normalized spacial score (nSPS) is 17.4. The van der Waals surface area contributed by atoms with Crippen LogP contribution in [0, 0.1) is 11.2 Å². The molecule has 1 atom stereocenters. The third-order valence-electron chi connectivity index (χ3n) is 7.35. The Labute approximate surface area is 225 Å². The molecule has 2 heterocycles. The van der Waals surface area contributed by atoms with Crippen molar-refractivity contribution in [2.75, 3.05) is 17.2 Å². The van der Waals surface area contributed by atoms with E-state index < -0.39 is 22.6 Å². The molecule has 1 unspecified atom stereocenters. The second kappa shape index (κ2) is 9.72. The minimum absolute atomic E-state index is 0.0821. The molecule has 3 amide bonds. The number of nitrogens with one attached hydrogen (secondary N) is 2. The molecule has 0 bridgehead atoms. The number of amides is 3. The summed E-state index contributed by atoms with van der Waals surface area (Å²) in [6, 6.07) is 13.5. The molecule has 2 N–H and O–H groups in total. The molecule has 0 saturated carbocycles. The Hall–Kier alpha value is -4.40. The number of pyridine rings is 1. The van der Waals surface area contributed by atoms with Crippen molar-refractivity contribution in [3.63, 3.8) is 0 Å². The van der Waals surface area contributed by atoms with E-state index in [9.17, 15) is 23.6 Å². The number of carbonyl (C=O) groups is 4. The monoisotopic (exact) mass is 528 g/mol. The Balaban J connectivity index is 1.34. The van der Waals surface area contributed by atoms with Gasteiger partial charge in [0.15, 0.2) is 6.29 Å². The molecule has 1 spiro atoms. The number of anilines is 2. The van der Waals surface area contributed by atoms with Gasteiger partial charge in [0.2, 0.25) is 17.7 Å². The summed E-state index contributed by atoms with van der Waals surface area (Å²) in [7, 11) is 0. The van der Waals surface area contributed by atoms with E-state index >= 15 is 0 Å². The van der Waals surface area contributed by atoms with Crippen molar-refractivity contribution in [3.8, 4) is 0 Å². The van der Waals surface area contributed by atoms with Gasteiger partial charge < -0.3 is 15.5 Å². The first-order valence-electron chi connectivity index (χ1n) is 12.7. The quantitative estimate of drug-likeness (QED) is 0.470. The minimum atomic E-state index is -0.802. The molecule has 1 aromatic heterocycles. The first kappa shape index (κ1) is 26.2. The largest absolute Gasteiger partial charge is 0.329 e. The minimum Gasteiger partial charge on any atom is -0.329 e. The number of nitrogens with zero attached hydrogens (tertiary/aromatic N) is 2. The van der Waals surface area contributed by atoms with Crippen molar-refractivity contribution in [2.45, 2.75) is 45.6 Å². The van der Waals surface area contributed by atoms with Crippen LogP contribution in [0.3, 0.4) is 0 Å². The highest BCUT2D eigenvalue weighted by molar-refractivity contribution is 6.06. The summed E-state index contributed by atoms with van der Waals surface area (Å²) < 4.78 is 14.2. The molecule has 5 rings (SSSR count). The molecule has 200 valence electrons. The van der Waals surface area contributed by atoms with Gasteiger partial charge in [-0.3, -0.25) is 19.2 Å². The maximum atomic E-state index is 14.2. The summed E-state index contributed by atoms with van der Waals surface area (Å²) in [6.45, 7) is 4.82. The predicted molar refractivity (Wildman–Crippen MR) is 144 cm³/mol. The molecule has 1 aliphatic carbocycles. The predicted octanol–water partition coefficient (Wildman–Crippen LogP) is 4.04. The molecule has 0 radical (unpaired) electrons. The number of rotatable bonds is 6. The molecule has 1 aliphatic heterocycles. The van der Waals surface area contributed by atoms with Gasteiger partial charge in [-0.15, -0.1) is 0 Å². The van der Waals surface area contributed by atoms with Crippen LogP contribution < -0.4 is 10.6 Å². The van der Waals surface area contributed by atoms with E-state index in [-0.39, 0.29) is 30.5 Å². The Morgan fingerprint density at radius 2 is 1.90 bits per heavy atom. The van der Waals surface area contributed by atoms with E-state index in [1.807, 2.05) is 24.3 Å². The number of hydrogen-bond acceptors (Lipinski definition) is 5. The molecular formula is C30H29FN4O4. The maximum Gasteiger partial charge on any atom is 0.244 e. The van der Waals surface area contributed by atoms with Crippen LogP contribution >= 0.6 is 0 Å². The van der Waals surface area contributed by atoms with Crippen LogP contribution in [0.1, 0.15) is 53.4 Å². The van der Waals surface area contributed by atoms with E-state index in [1.54, 1.807) is 39.1 Å². The molecule has 39 heavy (non-hydrogen) atoms. The van der Waals surface area contributed by atoms with Crippen molar-refractivity contribution in [1.29, 1.82) is 0 Å². The smallest absolute Gasteiger partial charge is 0.244 e. The van der Waals surface area contributed by atoms with E-state index in [0.29, 0.717) is 36.2 Å².